The number of likely N-dealkylation sites (tertiary alicyclic amines) is 1. The van der Waals surface area contributed by atoms with Crippen molar-refractivity contribution in [1.82, 2.24) is 10.2 Å². The van der Waals surface area contributed by atoms with Gasteiger partial charge >= 0.3 is 0 Å². The van der Waals surface area contributed by atoms with Gasteiger partial charge < -0.3 is 24.8 Å². The number of aliphatic hydroxyl groups is 1. The lowest BCUT2D eigenvalue weighted by Crippen LogP contribution is -2.54. The molecule has 146 valence electrons. The number of allylic oxidation sites excluding steroid dienone is 1. The van der Waals surface area contributed by atoms with Gasteiger partial charge in [0.2, 0.25) is 5.76 Å². The fourth-order valence-corrected chi connectivity index (χ4v) is 3.32. The molecule has 0 saturated carbocycles. The molecule has 2 heterocycles. The van der Waals surface area contributed by atoms with E-state index in [1.165, 1.54) is 23.1 Å². The van der Waals surface area contributed by atoms with Crippen molar-refractivity contribution >= 4 is 11.8 Å². The van der Waals surface area contributed by atoms with Crippen LogP contribution in [-0.2, 0) is 14.3 Å². The van der Waals surface area contributed by atoms with E-state index in [0.29, 0.717) is 24.4 Å². The second-order valence-electron chi connectivity index (χ2n) is 6.81. The molecule has 0 aromatic heterocycles. The van der Waals surface area contributed by atoms with E-state index in [1.54, 1.807) is 13.8 Å². The third-order valence-electron chi connectivity index (χ3n) is 4.66. The summed E-state index contributed by atoms with van der Waals surface area (Å²) in [6.07, 6.45) is -0.481. The number of rotatable bonds is 3. The van der Waals surface area contributed by atoms with Gasteiger partial charge in [0, 0.05) is 24.7 Å². The van der Waals surface area contributed by atoms with Gasteiger partial charge in [-0.2, -0.15) is 0 Å². The second-order valence-corrected chi connectivity index (χ2v) is 6.81. The number of carbonyl (C=O) groups is 2. The molecular weight excluding hydrogens is 355 g/mol. The first-order valence-electron chi connectivity index (χ1n) is 8.86. The Bertz CT molecular complexity index is 779. The molecule has 2 aliphatic rings. The SMILES string of the molecule is CC1=C(C(=O)N[C@H]2C[C@@H](O)CN(C(=O)c3cc(F)ccc3C)C2)OCCO1. The highest BCUT2D eigenvalue weighted by Crippen LogP contribution is 2.19. The standard InChI is InChI=1S/C19H23FN2O5/c1-11-3-4-13(20)7-16(11)19(25)22-9-14(8-15(23)10-22)21-18(24)17-12(2)26-5-6-27-17/h3-4,7,14-15,23H,5-6,8-10H2,1-2H3,(H,21,24)/t14-,15+/m0/s1. The van der Waals surface area contributed by atoms with E-state index in [1.807, 2.05) is 0 Å². The summed E-state index contributed by atoms with van der Waals surface area (Å²) < 4.78 is 24.2. The minimum Gasteiger partial charge on any atom is -0.491 e. The van der Waals surface area contributed by atoms with Crippen molar-refractivity contribution in [3.63, 3.8) is 0 Å². The number of ether oxygens (including phenoxy) is 2. The van der Waals surface area contributed by atoms with E-state index in [2.05, 4.69) is 5.32 Å². The molecule has 2 atom stereocenters. The third kappa shape index (κ3) is 4.39. The predicted octanol–water partition coefficient (Wildman–Crippen LogP) is 1.10. The molecule has 1 saturated heterocycles. The molecule has 3 rings (SSSR count). The normalized spacial score (nSPS) is 22.7. The number of aliphatic hydroxyl groups excluding tert-OH is 1. The maximum atomic E-state index is 13.5. The zero-order chi connectivity index (χ0) is 19.6. The Morgan fingerprint density at radius 3 is 2.70 bits per heavy atom. The summed E-state index contributed by atoms with van der Waals surface area (Å²) in [5, 5.41) is 12.9. The molecule has 1 aromatic rings. The quantitative estimate of drug-likeness (QED) is 0.823. The fraction of sp³-hybridized carbons (Fsp3) is 0.474. The Morgan fingerprint density at radius 2 is 1.96 bits per heavy atom. The number of halogens is 1. The lowest BCUT2D eigenvalue weighted by Gasteiger charge is -2.36. The van der Waals surface area contributed by atoms with Crippen molar-refractivity contribution in [2.75, 3.05) is 26.3 Å². The second kappa shape index (κ2) is 7.96. The lowest BCUT2D eigenvalue weighted by molar-refractivity contribution is -0.124. The first-order valence-corrected chi connectivity index (χ1v) is 8.86. The van der Waals surface area contributed by atoms with Crippen LogP contribution in [0.2, 0.25) is 0 Å². The van der Waals surface area contributed by atoms with E-state index in [-0.39, 0.29) is 36.9 Å². The summed E-state index contributed by atoms with van der Waals surface area (Å²) in [7, 11) is 0. The minimum atomic E-state index is -0.791. The number of nitrogens with one attached hydrogen (secondary N) is 1. The molecule has 0 radical (unpaired) electrons. The first-order chi connectivity index (χ1) is 12.8. The molecular formula is C19H23FN2O5. The summed E-state index contributed by atoms with van der Waals surface area (Å²) >= 11 is 0. The number of nitrogens with zero attached hydrogens (tertiary/aromatic N) is 1. The van der Waals surface area contributed by atoms with E-state index < -0.39 is 23.9 Å². The Hall–Kier alpha value is -2.61. The van der Waals surface area contributed by atoms with Crippen molar-refractivity contribution in [3.8, 4) is 0 Å². The fourth-order valence-electron chi connectivity index (χ4n) is 3.32. The lowest BCUT2D eigenvalue weighted by atomic mass is 10.0. The molecule has 0 aliphatic carbocycles. The van der Waals surface area contributed by atoms with Crippen LogP contribution in [-0.4, -0.2) is 60.3 Å². The maximum absolute atomic E-state index is 13.5. The van der Waals surface area contributed by atoms with Gasteiger partial charge in [-0.3, -0.25) is 9.59 Å². The average Bonchev–Trinajstić information content (AvgIpc) is 2.63. The van der Waals surface area contributed by atoms with Crippen molar-refractivity contribution < 1.29 is 28.6 Å². The van der Waals surface area contributed by atoms with Gasteiger partial charge in [-0.05, 0) is 38.0 Å². The van der Waals surface area contributed by atoms with Crippen LogP contribution >= 0.6 is 0 Å². The Morgan fingerprint density at radius 1 is 1.22 bits per heavy atom. The molecule has 2 amide bonds. The number of β-amino-alcohol motifs (C(OH)–C–C–N with tert-alkyl or cyclic N) is 1. The Balaban J connectivity index is 1.71. The monoisotopic (exact) mass is 378 g/mol. The molecule has 0 spiro atoms. The van der Waals surface area contributed by atoms with Crippen LogP contribution in [0.5, 0.6) is 0 Å². The zero-order valence-corrected chi connectivity index (χ0v) is 15.3. The summed E-state index contributed by atoms with van der Waals surface area (Å²) in [5.74, 6) is -0.805. The predicted molar refractivity (Wildman–Crippen MR) is 94.2 cm³/mol. The van der Waals surface area contributed by atoms with E-state index in [0.717, 1.165) is 0 Å². The van der Waals surface area contributed by atoms with Crippen molar-refractivity contribution in [3.05, 3.63) is 46.7 Å². The van der Waals surface area contributed by atoms with Crippen LogP contribution in [0.15, 0.2) is 29.7 Å². The van der Waals surface area contributed by atoms with Gasteiger partial charge in [-0.15, -0.1) is 0 Å². The summed E-state index contributed by atoms with van der Waals surface area (Å²) in [6.45, 7) is 4.39. The molecule has 1 fully saturated rings. The van der Waals surface area contributed by atoms with Crippen molar-refractivity contribution in [2.45, 2.75) is 32.4 Å². The Kier molecular flexibility index (Phi) is 5.65. The number of carbonyl (C=O) groups excluding carboxylic acids is 2. The molecule has 0 unspecified atom stereocenters. The topological polar surface area (TPSA) is 88.1 Å². The third-order valence-corrected chi connectivity index (χ3v) is 4.66. The molecule has 1 aromatic carbocycles. The number of benzene rings is 1. The average molecular weight is 378 g/mol. The van der Waals surface area contributed by atoms with Crippen molar-refractivity contribution in [1.29, 1.82) is 0 Å². The van der Waals surface area contributed by atoms with E-state index >= 15 is 0 Å². The molecule has 2 aliphatic heterocycles. The molecule has 2 N–H and O–H groups in total. The van der Waals surface area contributed by atoms with E-state index in [4.69, 9.17) is 9.47 Å². The van der Waals surface area contributed by atoms with E-state index in [9.17, 15) is 19.1 Å². The number of hydrogen-bond acceptors (Lipinski definition) is 5. The smallest absolute Gasteiger partial charge is 0.290 e. The highest BCUT2D eigenvalue weighted by atomic mass is 19.1. The van der Waals surface area contributed by atoms with Crippen LogP contribution in [0.25, 0.3) is 0 Å². The largest absolute Gasteiger partial charge is 0.491 e. The molecule has 7 nitrogen and oxygen atoms in total. The van der Waals surface area contributed by atoms with Crippen LogP contribution in [0.3, 0.4) is 0 Å². The van der Waals surface area contributed by atoms with Crippen LogP contribution < -0.4 is 5.32 Å². The van der Waals surface area contributed by atoms with Gasteiger partial charge in [0.25, 0.3) is 11.8 Å². The molecule has 8 heteroatoms. The highest BCUT2D eigenvalue weighted by Gasteiger charge is 2.32. The summed E-state index contributed by atoms with van der Waals surface area (Å²) in [5.41, 5.74) is 0.896. The number of amides is 2. The van der Waals surface area contributed by atoms with Crippen LogP contribution in [0.1, 0.15) is 29.3 Å². The summed E-state index contributed by atoms with van der Waals surface area (Å²) in [4.78, 5) is 26.6. The van der Waals surface area contributed by atoms with Crippen LogP contribution in [0.4, 0.5) is 4.39 Å². The summed E-state index contributed by atoms with van der Waals surface area (Å²) in [6, 6.07) is 3.57. The highest BCUT2D eigenvalue weighted by molar-refractivity contribution is 5.96. The van der Waals surface area contributed by atoms with Gasteiger partial charge in [-0.1, -0.05) is 6.07 Å². The van der Waals surface area contributed by atoms with Gasteiger partial charge in [-0.25, -0.2) is 4.39 Å². The minimum absolute atomic E-state index is 0.111. The van der Waals surface area contributed by atoms with Gasteiger partial charge in [0.05, 0.1) is 6.10 Å². The van der Waals surface area contributed by atoms with Crippen molar-refractivity contribution in [2.24, 2.45) is 0 Å². The zero-order valence-electron chi connectivity index (χ0n) is 15.3. The molecule has 0 bridgehead atoms. The van der Waals surface area contributed by atoms with Gasteiger partial charge in [0.15, 0.2) is 0 Å². The number of piperidine rings is 1. The van der Waals surface area contributed by atoms with Gasteiger partial charge in [0.1, 0.15) is 24.8 Å². The van der Waals surface area contributed by atoms with Crippen LogP contribution in [0, 0.1) is 12.7 Å². The number of aryl methyl sites for hydroxylation is 1. The maximum Gasteiger partial charge on any atom is 0.290 e. The Labute approximate surface area is 156 Å². The first kappa shape index (κ1) is 19.2. The molecule has 27 heavy (non-hydrogen) atoms. The number of hydrogen-bond donors (Lipinski definition) is 2.